The van der Waals surface area contributed by atoms with Crippen molar-refractivity contribution >= 4 is 28.8 Å². The summed E-state index contributed by atoms with van der Waals surface area (Å²) in [6.45, 7) is 1.31. The molecule has 1 aromatic heterocycles. The van der Waals surface area contributed by atoms with Gasteiger partial charge in [-0.25, -0.2) is 4.98 Å². The minimum atomic E-state index is -0.153. The number of hydrogen-bond donors (Lipinski definition) is 2. The van der Waals surface area contributed by atoms with Crippen molar-refractivity contribution in [2.24, 2.45) is 11.8 Å². The van der Waals surface area contributed by atoms with Gasteiger partial charge in [0.25, 0.3) is 0 Å². The Labute approximate surface area is 134 Å². The summed E-state index contributed by atoms with van der Waals surface area (Å²) in [5.74, 6) is 0.706. The summed E-state index contributed by atoms with van der Waals surface area (Å²) in [4.78, 5) is 34.0. The van der Waals surface area contributed by atoms with Gasteiger partial charge in [-0.1, -0.05) is 12.1 Å². The van der Waals surface area contributed by atoms with Gasteiger partial charge in [0.2, 0.25) is 17.8 Å². The number of likely N-dealkylation sites (tertiary alicyclic amines) is 1. The number of carbonyl (C=O) groups excluding carboxylic acids is 2. The highest BCUT2D eigenvalue weighted by Crippen LogP contribution is 2.32. The summed E-state index contributed by atoms with van der Waals surface area (Å²) in [7, 11) is 0. The zero-order valence-corrected chi connectivity index (χ0v) is 12.9. The van der Waals surface area contributed by atoms with Crippen LogP contribution < -0.4 is 5.32 Å². The number of carbonyl (C=O) groups is 2. The van der Waals surface area contributed by atoms with Crippen molar-refractivity contribution in [3.8, 4) is 0 Å². The van der Waals surface area contributed by atoms with Crippen LogP contribution >= 0.6 is 0 Å². The summed E-state index contributed by atoms with van der Waals surface area (Å²) < 4.78 is 0. The lowest BCUT2D eigenvalue weighted by atomic mass is 9.97. The van der Waals surface area contributed by atoms with Crippen LogP contribution in [0.25, 0.3) is 11.0 Å². The Morgan fingerprint density at radius 3 is 2.78 bits per heavy atom. The molecule has 6 nitrogen and oxygen atoms in total. The maximum Gasteiger partial charge on any atom is 0.231 e. The fourth-order valence-corrected chi connectivity index (χ4v) is 3.21. The maximum absolute atomic E-state index is 12.5. The van der Waals surface area contributed by atoms with Crippen LogP contribution in [-0.2, 0) is 9.59 Å². The van der Waals surface area contributed by atoms with Gasteiger partial charge in [-0.15, -0.1) is 0 Å². The number of aromatic amines is 1. The molecular weight excluding hydrogens is 292 g/mol. The van der Waals surface area contributed by atoms with Crippen molar-refractivity contribution in [2.45, 2.75) is 25.7 Å². The van der Waals surface area contributed by atoms with Crippen LogP contribution in [0.5, 0.6) is 0 Å². The van der Waals surface area contributed by atoms with E-state index in [9.17, 15) is 9.59 Å². The van der Waals surface area contributed by atoms with Crippen molar-refractivity contribution in [2.75, 3.05) is 18.4 Å². The van der Waals surface area contributed by atoms with E-state index in [1.54, 1.807) is 0 Å². The molecule has 23 heavy (non-hydrogen) atoms. The topological polar surface area (TPSA) is 78.1 Å². The van der Waals surface area contributed by atoms with Gasteiger partial charge in [0.1, 0.15) is 0 Å². The molecule has 2 N–H and O–H groups in total. The lowest BCUT2D eigenvalue weighted by molar-refractivity contribution is -0.135. The number of rotatable bonds is 3. The Balaban J connectivity index is 1.42. The normalized spacial score (nSPS) is 21.4. The van der Waals surface area contributed by atoms with Gasteiger partial charge in [0.05, 0.1) is 17.0 Å². The SMILES string of the molecule is O=C(Nc1nc2ccccc2[nH]1)[C@@H]1CCCN(C(=O)C2CC2)C1. The molecule has 2 amide bonds. The first kappa shape index (κ1) is 14.2. The second-order valence-electron chi connectivity index (χ2n) is 6.49. The lowest BCUT2D eigenvalue weighted by Gasteiger charge is -2.32. The van der Waals surface area contributed by atoms with E-state index in [0.717, 1.165) is 43.3 Å². The maximum atomic E-state index is 12.5. The third-order valence-corrected chi connectivity index (χ3v) is 4.66. The number of nitrogens with zero attached hydrogens (tertiary/aromatic N) is 2. The fourth-order valence-electron chi connectivity index (χ4n) is 3.21. The van der Waals surface area contributed by atoms with E-state index < -0.39 is 0 Å². The monoisotopic (exact) mass is 312 g/mol. The molecule has 0 unspecified atom stereocenters. The molecule has 0 spiro atoms. The zero-order valence-electron chi connectivity index (χ0n) is 12.9. The molecule has 1 aliphatic heterocycles. The van der Waals surface area contributed by atoms with Crippen LogP contribution in [0.4, 0.5) is 5.95 Å². The minimum absolute atomic E-state index is 0.0580. The minimum Gasteiger partial charge on any atom is -0.342 e. The van der Waals surface area contributed by atoms with Gasteiger partial charge in [-0.3, -0.25) is 14.9 Å². The largest absolute Gasteiger partial charge is 0.342 e. The Morgan fingerprint density at radius 1 is 1.17 bits per heavy atom. The van der Waals surface area contributed by atoms with Crippen molar-refractivity contribution in [3.63, 3.8) is 0 Å². The number of anilines is 1. The van der Waals surface area contributed by atoms with E-state index >= 15 is 0 Å². The van der Waals surface area contributed by atoms with Gasteiger partial charge in [-0.05, 0) is 37.8 Å². The number of fused-ring (bicyclic) bond motifs is 1. The second-order valence-corrected chi connectivity index (χ2v) is 6.49. The van der Waals surface area contributed by atoms with Crippen LogP contribution in [0.15, 0.2) is 24.3 Å². The van der Waals surface area contributed by atoms with E-state index in [0.29, 0.717) is 12.5 Å². The number of hydrogen-bond acceptors (Lipinski definition) is 3. The number of H-pyrrole nitrogens is 1. The van der Waals surface area contributed by atoms with E-state index in [1.807, 2.05) is 29.2 Å². The molecule has 6 heteroatoms. The molecule has 2 fully saturated rings. The molecule has 1 aromatic carbocycles. The van der Waals surface area contributed by atoms with Crippen molar-refractivity contribution in [1.29, 1.82) is 0 Å². The average Bonchev–Trinajstić information content (AvgIpc) is 3.34. The lowest BCUT2D eigenvalue weighted by Crippen LogP contribution is -2.44. The summed E-state index contributed by atoms with van der Waals surface area (Å²) in [6, 6.07) is 7.67. The third kappa shape index (κ3) is 2.93. The first-order valence-electron chi connectivity index (χ1n) is 8.25. The Morgan fingerprint density at radius 2 is 2.00 bits per heavy atom. The summed E-state index contributed by atoms with van der Waals surface area (Å²) >= 11 is 0. The fraction of sp³-hybridized carbons (Fsp3) is 0.471. The highest BCUT2D eigenvalue weighted by atomic mass is 16.2. The molecule has 0 bridgehead atoms. The van der Waals surface area contributed by atoms with Gasteiger partial charge in [0.15, 0.2) is 0 Å². The quantitative estimate of drug-likeness (QED) is 0.911. The number of amides is 2. The van der Waals surface area contributed by atoms with E-state index in [4.69, 9.17) is 0 Å². The Hall–Kier alpha value is -2.37. The number of aromatic nitrogens is 2. The second kappa shape index (κ2) is 5.68. The highest BCUT2D eigenvalue weighted by molar-refractivity contribution is 5.93. The smallest absolute Gasteiger partial charge is 0.231 e. The highest BCUT2D eigenvalue weighted by Gasteiger charge is 2.36. The van der Waals surface area contributed by atoms with Crippen LogP contribution in [0.2, 0.25) is 0 Å². The van der Waals surface area contributed by atoms with Crippen LogP contribution in [0.1, 0.15) is 25.7 Å². The van der Waals surface area contributed by atoms with Crippen LogP contribution in [0.3, 0.4) is 0 Å². The van der Waals surface area contributed by atoms with Gasteiger partial charge >= 0.3 is 0 Å². The Bertz CT molecular complexity index is 717. The first-order valence-corrected chi connectivity index (χ1v) is 8.25. The molecule has 120 valence electrons. The standard InChI is InChI=1S/C17H20N4O2/c22-15(20-17-18-13-5-1-2-6-14(13)19-17)12-4-3-9-21(10-12)16(23)11-7-8-11/h1-2,5-6,11-12H,3-4,7-10H2,(H2,18,19,20,22)/t12-/m1/s1. The molecule has 2 aromatic rings. The zero-order chi connectivity index (χ0) is 15.8. The van der Waals surface area contributed by atoms with E-state index in [2.05, 4.69) is 15.3 Å². The number of para-hydroxylation sites is 2. The third-order valence-electron chi connectivity index (χ3n) is 4.66. The first-order chi connectivity index (χ1) is 11.2. The summed E-state index contributed by atoms with van der Waals surface area (Å²) in [6.07, 6.45) is 3.72. The van der Waals surface area contributed by atoms with Crippen LogP contribution in [0, 0.1) is 11.8 Å². The van der Waals surface area contributed by atoms with Crippen molar-refractivity contribution in [1.82, 2.24) is 14.9 Å². The molecule has 2 heterocycles. The van der Waals surface area contributed by atoms with E-state index in [-0.39, 0.29) is 23.7 Å². The van der Waals surface area contributed by atoms with Gasteiger partial charge < -0.3 is 9.88 Å². The van der Waals surface area contributed by atoms with Gasteiger partial charge in [0, 0.05) is 19.0 Å². The molecule has 1 atom stereocenters. The van der Waals surface area contributed by atoms with Crippen molar-refractivity contribution in [3.05, 3.63) is 24.3 Å². The Kier molecular flexibility index (Phi) is 3.52. The molecule has 0 radical (unpaired) electrons. The van der Waals surface area contributed by atoms with Crippen molar-refractivity contribution < 1.29 is 9.59 Å². The predicted octanol–water partition coefficient (Wildman–Crippen LogP) is 2.15. The van der Waals surface area contributed by atoms with E-state index in [1.165, 1.54) is 0 Å². The number of nitrogens with one attached hydrogen (secondary N) is 2. The van der Waals surface area contributed by atoms with Gasteiger partial charge in [-0.2, -0.15) is 0 Å². The summed E-state index contributed by atoms with van der Waals surface area (Å²) in [5.41, 5.74) is 1.73. The molecule has 1 saturated heterocycles. The van der Waals surface area contributed by atoms with Crippen LogP contribution in [-0.4, -0.2) is 39.8 Å². The molecule has 4 rings (SSSR count). The number of benzene rings is 1. The number of imidazole rings is 1. The molecule has 1 saturated carbocycles. The molecule has 2 aliphatic rings. The molecule has 1 aliphatic carbocycles. The average molecular weight is 312 g/mol. The number of piperidine rings is 1. The molecular formula is C17H20N4O2. The summed E-state index contributed by atoms with van der Waals surface area (Å²) in [5, 5.41) is 2.86. The predicted molar refractivity (Wildman–Crippen MR) is 86.8 cm³/mol.